The van der Waals surface area contributed by atoms with E-state index in [-0.39, 0.29) is 6.10 Å². The standard InChI is InChI=1S/C14H13N3O2/c1-18-13-6-10(2-3-11(13)7-15)14-12-8-16-9-17(12)4-5-19-14/h2-3,6,8-9,14H,4-5H2,1H3. The Morgan fingerprint density at radius 3 is 3.21 bits per heavy atom. The molecule has 0 fully saturated rings. The third kappa shape index (κ3) is 1.96. The van der Waals surface area contributed by atoms with E-state index in [1.54, 1.807) is 13.2 Å². The Hall–Kier alpha value is -2.32. The van der Waals surface area contributed by atoms with E-state index in [0.29, 0.717) is 17.9 Å². The first-order valence-electron chi connectivity index (χ1n) is 6.03. The van der Waals surface area contributed by atoms with Crippen LogP contribution in [0.2, 0.25) is 0 Å². The van der Waals surface area contributed by atoms with E-state index in [0.717, 1.165) is 17.8 Å². The quantitative estimate of drug-likeness (QED) is 0.822. The third-order valence-corrected chi connectivity index (χ3v) is 3.28. The van der Waals surface area contributed by atoms with Gasteiger partial charge in [-0.15, -0.1) is 0 Å². The molecule has 2 heterocycles. The first-order valence-corrected chi connectivity index (χ1v) is 6.03. The molecule has 2 aromatic rings. The number of aromatic nitrogens is 2. The average Bonchev–Trinajstić information content (AvgIpc) is 2.94. The lowest BCUT2D eigenvalue weighted by atomic mass is 10.0. The van der Waals surface area contributed by atoms with Crippen LogP contribution in [0.4, 0.5) is 0 Å². The number of imidazole rings is 1. The molecule has 0 aliphatic carbocycles. The molecule has 0 bridgehead atoms. The van der Waals surface area contributed by atoms with Crippen LogP contribution in [0, 0.1) is 11.3 Å². The Kier molecular flexibility index (Phi) is 2.94. The third-order valence-electron chi connectivity index (χ3n) is 3.28. The fraction of sp³-hybridized carbons (Fsp3) is 0.286. The van der Waals surface area contributed by atoms with Crippen molar-refractivity contribution < 1.29 is 9.47 Å². The minimum atomic E-state index is -0.155. The monoisotopic (exact) mass is 255 g/mol. The molecule has 3 rings (SSSR count). The molecule has 5 nitrogen and oxygen atoms in total. The minimum Gasteiger partial charge on any atom is -0.495 e. The summed E-state index contributed by atoms with van der Waals surface area (Å²) in [6.45, 7) is 1.47. The summed E-state index contributed by atoms with van der Waals surface area (Å²) in [4.78, 5) is 4.16. The maximum absolute atomic E-state index is 9.00. The normalized spacial score (nSPS) is 17.6. The summed E-state index contributed by atoms with van der Waals surface area (Å²) in [7, 11) is 1.56. The van der Waals surface area contributed by atoms with E-state index in [9.17, 15) is 0 Å². The van der Waals surface area contributed by atoms with Crippen LogP contribution in [0.15, 0.2) is 30.7 Å². The van der Waals surface area contributed by atoms with E-state index in [2.05, 4.69) is 15.6 Å². The van der Waals surface area contributed by atoms with Crippen LogP contribution in [0.5, 0.6) is 5.75 Å². The first-order chi connectivity index (χ1) is 9.33. The van der Waals surface area contributed by atoms with Crippen molar-refractivity contribution in [2.24, 2.45) is 0 Å². The Bertz CT molecular complexity index is 642. The van der Waals surface area contributed by atoms with Gasteiger partial charge in [0.05, 0.1) is 37.5 Å². The van der Waals surface area contributed by atoms with Crippen LogP contribution in [0.25, 0.3) is 0 Å². The molecular formula is C14H13N3O2. The molecule has 1 unspecified atom stereocenters. The van der Waals surface area contributed by atoms with Gasteiger partial charge in [-0.25, -0.2) is 4.98 Å². The van der Waals surface area contributed by atoms with Gasteiger partial charge in [-0.3, -0.25) is 0 Å². The summed E-state index contributed by atoms with van der Waals surface area (Å²) >= 11 is 0. The second kappa shape index (κ2) is 4.75. The van der Waals surface area contributed by atoms with Gasteiger partial charge in [-0.1, -0.05) is 6.07 Å². The zero-order valence-electron chi connectivity index (χ0n) is 10.5. The van der Waals surface area contributed by atoms with Crippen LogP contribution in [-0.2, 0) is 11.3 Å². The van der Waals surface area contributed by atoms with Crippen molar-refractivity contribution in [1.82, 2.24) is 9.55 Å². The molecule has 96 valence electrons. The van der Waals surface area contributed by atoms with E-state index < -0.39 is 0 Å². The van der Waals surface area contributed by atoms with Gasteiger partial charge in [0.25, 0.3) is 0 Å². The van der Waals surface area contributed by atoms with Crippen molar-refractivity contribution in [2.45, 2.75) is 12.6 Å². The Morgan fingerprint density at radius 1 is 1.53 bits per heavy atom. The number of fused-ring (bicyclic) bond motifs is 1. The number of nitriles is 1. The summed E-state index contributed by atoms with van der Waals surface area (Å²) in [6.07, 6.45) is 3.47. The van der Waals surface area contributed by atoms with Crippen molar-refractivity contribution in [2.75, 3.05) is 13.7 Å². The van der Waals surface area contributed by atoms with Crippen LogP contribution in [-0.4, -0.2) is 23.3 Å². The molecule has 0 radical (unpaired) electrons. The number of ether oxygens (including phenoxy) is 2. The molecule has 0 saturated heterocycles. The second-order valence-corrected chi connectivity index (χ2v) is 4.33. The number of methoxy groups -OCH3 is 1. The topological polar surface area (TPSA) is 60.1 Å². The molecule has 0 saturated carbocycles. The number of benzene rings is 1. The summed E-state index contributed by atoms with van der Waals surface area (Å²) in [6, 6.07) is 7.61. The number of hydrogen-bond donors (Lipinski definition) is 0. The molecule has 0 amide bonds. The smallest absolute Gasteiger partial charge is 0.137 e. The van der Waals surface area contributed by atoms with Crippen molar-refractivity contribution in [3.8, 4) is 11.8 Å². The fourth-order valence-corrected chi connectivity index (χ4v) is 2.32. The van der Waals surface area contributed by atoms with Gasteiger partial charge in [0.1, 0.15) is 17.9 Å². The lowest BCUT2D eigenvalue weighted by Gasteiger charge is -2.25. The van der Waals surface area contributed by atoms with Gasteiger partial charge in [0.2, 0.25) is 0 Å². The van der Waals surface area contributed by atoms with Crippen molar-refractivity contribution in [3.63, 3.8) is 0 Å². The molecule has 1 aromatic carbocycles. The molecule has 1 aromatic heterocycles. The van der Waals surface area contributed by atoms with Crippen LogP contribution in [0.1, 0.15) is 22.9 Å². The zero-order valence-corrected chi connectivity index (χ0v) is 10.5. The fourth-order valence-electron chi connectivity index (χ4n) is 2.32. The highest BCUT2D eigenvalue weighted by Crippen LogP contribution is 2.32. The van der Waals surface area contributed by atoms with Gasteiger partial charge >= 0.3 is 0 Å². The van der Waals surface area contributed by atoms with Gasteiger partial charge < -0.3 is 14.0 Å². The van der Waals surface area contributed by atoms with Gasteiger partial charge in [0.15, 0.2) is 0 Å². The molecule has 1 aliphatic heterocycles. The molecule has 19 heavy (non-hydrogen) atoms. The highest BCUT2D eigenvalue weighted by Gasteiger charge is 2.23. The van der Waals surface area contributed by atoms with Crippen molar-refractivity contribution in [3.05, 3.63) is 47.5 Å². The maximum atomic E-state index is 9.00. The average molecular weight is 255 g/mol. The predicted molar refractivity (Wildman–Crippen MR) is 67.7 cm³/mol. The summed E-state index contributed by atoms with van der Waals surface area (Å²) in [5.41, 5.74) is 2.52. The molecule has 1 atom stereocenters. The number of nitrogens with zero attached hydrogens (tertiary/aromatic N) is 3. The lowest BCUT2D eigenvalue weighted by molar-refractivity contribution is 0.0463. The molecule has 0 N–H and O–H groups in total. The Labute approximate surface area is 111 Å². The van der Waals surface area contributed by atoms with Gasteiger partial charge in [-0.2, -0.15) is 5.26 Å². The van der Waals surface area contributed by atoms with Gasteiger partial charge in [0, 0.05) is 6.54 Å². The van der Waals surface area contributed by atoms with Crippen molar-refractivity contribution >= 4 is 0 Å². The second-order valence-electron chi connectivity index (χ2n) is 4.33. The highest BCUT2D eigenvalue weighted by atomic mass is 16.5. The minimum absolute atomic E-state index is 0.155. The van der Waals surface area contributed by atoms with E-state index in [4.69, 9.17) is 14.7 Å². The Morgan fingerprint density at radius 2 is 2.42 bits per heavy atom. The van der Waals surface area contributed by atoms with Crippen LogP contribution in [0.3, 0.4) is 0 Å². The highest BCUT2D eigenvalue weighted by molar-refractivity contribution is 5.46. The van der Waals surface area contributed by atoms with Gasteiger partial charge in [-0.05, 0) is 17.7 Å². The summed E-state index contributed by atoms with van der Waals surface area (Å²) < 4.78 is 13.1. The molecule has 5 heteroatoms. The molecule has 0 spiro atoms. The maximum Gasteiger partial charge on any atom is 0.137 e. The SMILES string of the molecule is COc1cc(C2OCCn3cncc32)ccc1C#N. The van der Waals surface area contributed by atoms with Crippen molar-refractivity contribution in [1.29, 1.82) is 5.26 Å². The summed E-state index contributed by atoms with van der Waals surface area (Å²) in [5.74, 6) is 0.570. The molecule has 1 aliphatic rings. The first kappa shape index (κ1) is 11.8. The number of hydrogen-bond acceptors (Lipinski definition) is 4. The molecular weight excluding hydrogens is 242 g/mol. The van der Waals surface area contributed by atoms with Crippen LogP contribution >= 0.6 is 0 Å². The summed E-state index contributed by atoms with van der Waals surface area (Å²) in [5, 5.41) is 9.00. The van der Waals surface area contributed by atoms with E-state index >= 15 is 0 Å². The predicted octanol–water partition coefficient (Wildman–Crippen LogP) is 1.88. The van der Waals surface area contributed by atoms with E-state index in [1.807, 2.05) is 24.7 Å². The lowest BCUT2D eigenvalue weighted by Crippen LogP contribution is -2.21. The Balaban J connectivity index is 2.03. The van der Waals surface area contributed by atoms with Crippen LogP contribution < -0.4 is 4.74 Å². The zero-order chi connectivity index (χ0) is 13.2. The van der Waals surface area contributed by atoms with E-state index in [1.165, 1.54) is 0 Å². The largest absolute Gasteiger partial charge is 0.495 e. The number of rotatable bonds is 2.